The number of hydrogen-bond donors (Lipinski definition) is 6. The van der Waals surface area contributed by atoms with Crippen LogP contribution in [0.2, 0.25) is 5.02 Å². The normalized spacial score (nSPS) is 29.0. The molecule has 5 heterocycles. The average Bonchev–Trinajstić information content (AvgIpc) is 0.882. The SMILES string of the molecule is CO[C@H]1C[C@@H](C)C/C(C)=C/[C@@H](CCCC(=O)NCCNCc2ccc(-c3ccc4ncnc(Nc5ccc(OCc6cccc(F)c6)c(Cl)c5)c4c3)o2)C(=O)C[C@H](O)[C@@H](C)[C@@H](/C(C)=C/[C@@H]2CC[C@@H](O)[C@H](OC)C2)OC(=O)[C@@H]2CCCCN2C(=O)C(=O)[C@]2(O)O[C@H]1[C@@H](OC)C[C@H]2C. The lowest BCUT2D eigenvalue weighted by atomic mass is 9.81. The van der Waals surface area contributed by atoms with Crippen LogP contribution in [0.15, 0.2) is 107 Å². The number of benzene rings is 3. The van der Waals surface area contributed by atoms with Crippen molar-refractivity contribution in [2.75, 3.05) is 46.3 Å². The van der Waals surface area contributed by atoms with Crippen LogP contribution >= 0.6 is 11.6 Å². The summed E-state index contributed by atoms with van der Waals surface area (Å²) in [7, 11) is 4.57. The monoisotopic (exact) mass is 1350 g/mol. The summed E-state index contributed by atoms with van der Waals surface area (Å²) in [4.78, 5) is 82.0. The number of nitrogens with zero attached hydrogens (tertiary/aromatic N) is 3. The third-order valence-electron chi connectivity index (χ3n) is 19.4. The van der Waals surface area contributed by atoms with E-state index in [0.717, 1.165) is 21.4 Å². The van der Waals surface area contributed by atoms with Crippen molar-refractivity contribution in [3.8, 4) is 17.1 Å². The molecule has 4 aliphatic rings. The minimum Gasteiger partial charge on any atom is -0.487 e. The van der Waals surface area contributed by atoms with Gasteiger partial charge in [-0.2, -0.15) is 0 Å². The van der Waals surface area contributed by atoms with E-state index in [2.05, 4.69) is 25.9 Å². The number of aromatic nitrogens is 2. The number of piperidine rings is 1. The van der Waals surface area contributed by atoms with E-state index in [4.69, 9.17) is 44.4 Å². The topological polar surface area (TPSA) is 280 Å². The first-order chi connectivity index (χ1) is 46.0. The van der Waals surface area contributed by atoms with Crippen molar-refractivity contribution in [1.82, 2.24) is 25.5 Å². The maximum absolute atomic E-state index is 14.7. The maximum Gasteiger partial charge on any atom is 0.329 e. The van der Waals surface area contributed by atoms with Gasteiger partial charge in [0.25, 0.3) is 11.7 Å². The lowest BCUT2D eigenvalue weighted by Crippen LogP contribution is -2.64. The van der Waals surface area contributed by atoms with Gasteiger partial charge in [0, 0.05) is 88.2 Å². The Kier molecular flexibility index (Phi) is 25.9. The molecule has 3 fully saturated rings. The second-order valence-corrected chi connectivity index (χ2v) is 27.0. The molecular formula is C73H94ClFN6O15. The Hall–Kier alpha value is -6.99. The van der Waals surface area contributed by atoms with Gasteiger partial charge in [-0.25, -0.2) is 19.2 Å². The summed E-state index contributed by atoms with van der Waals surface area (Å²) in [5.74, 6) is -6.77. The molecule has 23 heteroatoms. The van der Waals surface area contributed by atoms with Crippen LogP contribution in [0, 0.1) is 35.4 Å². The molecule has 6 N–H and O–H groups in total. The Morgan fingerprint density at radius 2 is 1.66 bits per heavy atom. The van der Waals surface area contributed by atoms with Gasteiger partial charge in [0.2, 0.25) is 11.7 Å². The van der Waals surface area contributed by atoms with E-state index in [-0.39, 0.29) is 68.2 Å². The Balaban J connectivity index is 0.841. The highest BCUT2D eigenvalue weighted by Gasteiger charge is 2.57. The van der Waals surface area contributed by atoms with E-state index in [1.165, 1.54) is 32.7 Å². The van der Waals surface area contributed by atoms with Crippen molar-refractivity contribution in [2.45, 2.75) is 186 Å². The molecule has 1 saturated carbocycles. The quantitative estimate of drug-likeness (QED) is 0.0183. The number of nitrogens with one attached hydrogen (secondary N) is 3. The number of aliphatic hydroxyl groups is 3. The average molecular weight is 1350 g/mol. The molecule has 0 spiro atoms. The molecule has 520 valence electrons. The number of allylic oxidation sites excluding steroid dienone is 3. The zero-order valence-corrected chi connectivity index (χ0v) is 57.0. The molecule has 2 aromatic heterocycles. The van der Waals surface area contributed by atoms with Crippen LogP contribution in [0.25, 0.3) is 22.2 Å². The van der Waals surface area contributed by atoms with E-state index in [1.54, 1.807) is 52.1 Å². The van der Waals surface area contributed by atoms with E-state index < -0.39 is 90.0 Å². The van der Waals surface area contributed by atoms with Crippen LogP contribution < -0.4 is 20.7 Å². The van der Waals surface area contributed by atoms with Gasteiger partial charge in [-0.05, 0) is 168 Å². The summed E-state index contributed by atoms with van der Waals surface area (Å²) in [6, 6.07) is 19.8. The molecule has 3 aliphatic heterocycles. The number of cyclic esters (lactones) is 1. The predicted octanol–water partition coefficient (Wildman–Crippen LogP) is 10.5. The first kappa shape index (κ1) is 73.3. The molecule has 3 aromatic carbocycles. The highest BCUT2D eigenvalue weighted by atomic mass is 35.5. The van der Waals surface area contributed by atoms with Crippen molar-refractivity contribution < 1.29 is 76.5 Å². The summed E-state index contributed by atoms with van der Waals surface area (Å²) in [5, 5.41) is 45.8. The molecule has 1 aliphatic carbocycles. The lowest BCUT2D eigenvalue weighted by molar-refractivity contribution is -0.302. The van der Waals surface area contributed by atoms with Crippen molar-refractivity contribution in [2.24, 2.45) is 29.6 Å². The Morgan fingerprint density at radius 3 is 2.42 bits per heavy atom. The van der Waals surface area contributed by atoms with Crippen molar-refractivity contribution in [3.05, 3.63) is 125 Å². The number of rotatable bonds is 20. The van der Waals surface area contributed by atoms with E-state index in [0.29, 0.717) is 128 Å². The van der Waals surface area contributed by atoms with E-state index in [1.807, 2.05) is 62.4 Å². The van der Waals surface area contributed by atoms with Crippen molar-refractivity contribution in [1.29, 1.82) is 0 Å². The van der Waals surface area contributed by atoms with Gasteiger partial charge < -0.3 is 69.0 Å². The third-order valence-corrected chi connectivity index (χ3v) is 19.7. The van der Waals surface area contributed by atoms with Crippen LogP contribution in [0.4, 0.5) is 15.9 Å². The number of amides is 2. The fourth-order valence-corrected chi connectivity index (χ4v) is 14.2. The van der Waals surface area contributed by atoms with Gasteiger partial charge >= 0.3 is 5.97 Å². The first-order valence-corrected chi connectivity index (χ1v) is 34.0. The van der Waals surface area contributed by atoms with Gasteiger partial charge in [0.05, 0.1) is 47.6 Å². The Bertz CT molecular complexity index is 3570. The minimum atomic E-state index is -2.58. The summed E-state index contributed by atoms with van der Waals surface area (Å²) in [5.41, 5.74) is 4.33. The molecular weight excluding hydrogens is 1260 g/mol. The van der Waals surface area contributed by atoms with Gasteiger partial charge in [-0.15, -0.1) is 0 Å². The fourth-order valence-electron chi connectivity index (χ4n) is 13.9. The molecule has 96 heavy (non-hydrogen) atoms. The Morgan fingerprint density at radius 1 is 0.875 bits per heavy atom. The number of methoxy groups -OCH3 is 3. The molecule has 5 aromatic rings. The number of aliphatic hydroxyl groups excluding tert-OH is 2. The second-order valence-electron chi connectivity index (χ2n) is 26.6. The van der Waals surface area contributed by atoms with Crippen LogP contribution in [-0.2, 0) is 60.8 Å². The zero-order chi connectivity index (χ0) is 68.8. The van der Waals surface area contributed by atoms with Gasteiger partial charge in [0.15, 0.2) is 0 Å². The molecule has 2 amide bonds. The highest BCUT2D eigenvalue weighted by molar-refractivity contribution is 6.39. The number of carbonyl (C=O) groups is 5. The summed E-state index contributed by atoms with van der Waals surface area (Å²) in [6.07, 6.45) is 3.91. The van der Waals surface area contributed by atoms with Crippen LogP contribution in [0.1, 0.15) is 129 Å². The third kappa shape index (κ3) is 18.6. The number of halogens is 2. The van der Waals surface area contributed by atoms with E-state index >= 15 is 0 Å². The maximum atomic E-state index is 14.7. The second kappa shape index (κ2) is 34.0. The molecule has 9 rings (SSSR count). The summed E-state index contributed by atoms with van der Waals surface area (Å²) in [6.45, 7) is 10.4. The Labute approximate surface area is 566 Å². The molecule has 14 atom stereocenters. The van der Waals surface area contributed by atoms with Gasteiger partial charge in [0.1, 0.15) is 65.9 Å². The summed E-state index contributed by atoms with van der Waals surface area (Å²) < 4.78 is 56.1. The number of Topliss-reactive ketones (excluding diaryl/α,β-unsaturated/α-hetero) is 2. The number of anilines is 2. The summed E-state index contributed by atoms with van der Waals surface area (Å²) >= 11 is 6.61. The smallest absolute Gasteiger partial charge is 0.329 e. The zero-order valence-electron chi connectivity index (χ0n) is 56.2. The van der Waals surface area contributed by atoms with Crippen molar-refractivity contribution in [3.63, 3.8) is 0 Å². The molecule has 0 unspecified atom stereocenters. The van der Waals surface area contributed by atoms with Gasteiger partial charge in [-0.1, -0.05) is 62.2 Å². The van der Waals surface area contributed by atoms with Crippen LogP contribution in [0.5, 0.6) is 5.75 Å². The minimum absolute atomic E-state index is 0.0395. The number of esters is 1. The van der Waals surface area contributed by atoms with E-state index in [9.17, 15) is 43.7 Å². The standard InChI is InChI=1S/C73H94ClFN6O15/c1-42-29-43(2)31-64(91-7)68-65(92-8)33-45(4)73(89,96-68)69(86)71(87)81-28-10-9-16-57(81)72(88)95-67(44(3)32-47-18-23-58(82)63(35-47)90-6)46(5)59(83)38-60(84)49(30-42)14-12-17-66(85)77-27-26-76-39-53-21-25-61(94-53)50-19-22-56-54(36-50)70(79-41-78-56)80-52-20-24-62(55(74)37-52)93-40-48-13-11-15-51(75)34-48/h11,13,15,19-22,24-25,30,32,34,36-37,41,43,45-47,49,57-59,63-65,67-68,76,82-83,89H,9-10,12,14,16-18,23,26-29,31,33,35,38-40H2,1-8H3,(H,77,85)(H,78,79,80)/b42-30+,44-32+/t43-,45+,46+,47-,49+,57-,58+,59-,63+,64-,65-,67+,68+,73+/m0/s1. The lowest BCUT2D eigenvalue weighted by Gasteiger charge is -2.47. The molecule has 2 saturated heterocycles. The highest BCUT2D eigenvalue weighted by Crippen LogP contribution is 2.40. The first-order valence-electron chi connectivity index (χ1n) is 33.6. The van der Waals surface area contributed by atoms with Crippen LogP contribution in [0.3, 0.4) is 0 Å². The largest absolute Gasteiger partial charge is 0.487 e. The number of ketones is 2. The predicted molar refractivity (Wildman–Crippen MR) is 359 cm³/mol. The van der Waals surface area contributed by atoms with Crippen LogP contribution in [-0.4, -0.2) is 155 Å². The number of fused-ring (bicyclic) bond motifs is 4. The number of hydrogen-bond acceptors (Lipinski definition) is 19. The fraction of sp³-hybridized carbons (Fsp3) is 0.548. The van der Waals surface area contributed by atoms with Gasteiger partial charge in [-0.3, -0.25) is 19.2 Å². The molecule has 2 bridgehead atoms. The number of carbonyl (C=O) groups excluding carboxylic acids is 5. The number of ether oxygens (including phenoxy) is 6. The number of furan rings is 1. The van der Waals surface area contributed by atoms with Crippen molar-refractivity contribution >= 4 is 63.4 Å². The molecule has 0 radical (unpaired) electrons. The molecule has 21 nitrogen and oxygen atoms in total.